The Morgan fingerprint density at radius 3 is 2.44 bits per heavy atom. The van der Waals surface area contributed by atoms with E-state index in [2.05, 4.69) is 10.6 Å². The Hall–Kier alpha value is -1.57. The van der Waals surface area contributed by atoms with Crippen molar-refractivity contribution in [1.29, 1.82) is 0 Å². The first-order chi connectivity index (χ1) is 11.7. The lowest BCUT2D eigenvalue weighted by molar-refractivity contribution is 0.0489. The normalized spacial score (nSPS) is 20.8. The van der Waals surface area contributed by atoms with Crippen molar-refractivity contribution < 1.29 is 19.6 Å². The summed E-state index contributed by atoms with van der Waals surface area (Å²) in [4.78, 5) is 11.8. The van der Waals surface area contributed by atoms with Crippen LogP contribution in [0.2, 0.25) is 0 Å². The Labute approximate surface area is 150 Å². The fourth-order valence-electron chi connectivity index (χ4n) is 3.04. The SMILES string of the molecule is CC(C)(C)OC(=O)NC1CCC(NCc2cccc(B(O)O)c2)CC1. The number of hydrogen-bond acceptors (Lipinski definition) is 5. The number of alkyl carbamates (subject to hydrolysis) is 1. The van der Waals surface area contributed by atoms with Crippen LogP contribution < -0.4 is 16.1 Å². The van der Waals surface area contributed by atoms with E-state index >= 15 is 0 Å². The van der Waals surface area contributed by atoms with Crippen LogP contribution in [0.5, 0.6) is 0 Å². The van der Waals surface area contributed by atoms with Gasteiger partial charge in [0.05, 0.1) is 0 Å². The topological polar surface area (TPSA) is 90.8 Å². The predicted molar refractivity (Wildman–Crippen MR) is 98.5 cm³/mol. The second-order valence-corrected chi connectivity index (χ2v) is 7.69. The van der Waals surface area contributed by atoms with Crippen LogP contribution in [0.4, 0.5) is 4.79 Å². The molecule has 6 nitrogen and oxygen atoms in total. The largest absolute Gasteiger partial charge is 0.488 e. The average Bonchev–Trinajstić information content (AvgIpc) is 2.52. The molecule has 7 heteroatoms. The highest BCUT2D eigenvalue weighted by atomic mass is 16.6. The number of benzene rings is 1. The van der Waals surface area contributed by atoms with Crippen molar-refractivity contribution in [2.75, 3.05) is 0 Å². The number of carbonyl (C=O) groups is 1. The number of ether oxygens (including phenoxy) is 1. The third-order valence-corrected chi connectivity index (χ3v) is 4.29. The molecule has 4 N–H and O–H groups in total. The van der Waals surface area contributed by atoms with Crippen LogP contribution in [0, 0.1) is 0 Å². The van der Waals surface area contributed by atoms with E-state index in [0.29, 0.717) is 18.0 Å². The average molecular weight is 348 g/mol. The minimum atomic E-state index is -1.44. The summed E-state index contributed by atoms with van der Waals surface area (Å²) < 4.78 is 5.30. The molecule has 25 heavy (non-hydrogen) atoms. The highest BCUT2D eigenvalue weighted by Crippen LogP contribution is 2.19. The molecule has 1 fully saturated rings. The zero-order chi connectivity index (χ0) is 18.4. The van der Waals surface area contributed by atoms with Crippen LogP contribution in [-0.4, -0.2) is 40.9 Å². The minimum Gasteiger partial charge on any atom is -0.444 e. The smallest absolute Gasteiger partial charge is 0.444 e. The van der Waals surface area contributed by atoms with Crippen molar-refractivity contribution in [3.63, 3.8) is 0 Å². The first-order valence-electron chi connectivity index (χ1n) is 8.91. The molecule has 1 aliphatic carbocycles. The van der Waals surface area contributed by atoms with E-state index in [-0.39, 0.29) is 12.1 Å². The second kappa shape index (κ2) is 8.69. The van der Waals surface area contributed by atoms with Gasteiger partial charge in [-0.2, -0.15) is 0 Å². The molecule has 0 bridgehead atoms. The van der Waals surface area contributed by atoms with Gasteiger partial charge in [0.1, 0.15) is 5.60 Å². The van der Waals surface area contributed by atoms with Crippen molar-refractivity contribution in [3.05, 3.63) is 29.8 Å². The van der Waals surface area contributed by atoms with Gasteiger partial charge < -0.3 is 25.4 Å². The maximum absolute atomic E-state index is 11.8. The summed E-state index contributed by atoms with van der Waals surface area (Å²) in [5.74, 6) is 0. The van der Waals surface area contributed by atoms with Crippen molar-refractivity contribution in [3.8, 4) is 0 Å². The van der Waals surface area contributed by atoms with Crippen molar-refractivity contribution in [2.24, 2.45) is 0 Å². The summed E-state index contributed by atoms with van der Waals surface area (Å²) in [5.41, 5.74) is 1.06. The van der Waals surface area contributed by atoms with Crippen molar-refractivity contribution in [1.82, 2.24) is 10.6 Å². The van der Waals surface area contributed by atoms with Crippen LogP contribution in [0.3, 0.4) is 0 Å². The number of amides is 1. The van der Waals surface area contributed by atoms with Gasteiger partial charge >= 0.3 is 13.2 Å². The summed E-state index contributed by atoms with van der Waals surface area (Å²) in [6.45, 7) is 6.27. The Bertz CT molecular complexity index is 566. The molecule has 0 aromatic heterocycles. The molecule has 0 atom stereocenters. The Morgan fingerprint density at radius 2 is 1.84 bits per heavy atom. The highest BCUT2D eigenvalue weighted by molar-refractivity contribution is 6.58. The van der Waals surface area contributed by atoms with Crippen molar-refractivity contribution >= 4 is 18.7 Å². The molecule has 138 valence electrons. The first-order valence-corrected chi connectivity index (χ1v) is 8.91. The van der Waals surface area contributed by atoms with Gasteiger partial charge in [-0.05, 0) is 57.5 Å². The third kappa shape index (κ3) is 7.06. The maximum Gasteiger partial charge on any atom is 0.488 e. The number of hydrogen-bond donors (Lipinski definition) is 4. The van der Waals surface area contributed by atoms with E-state index in [4.69, 9.17) is 4.74 Å². The zero-order valence-electron chi connectivity index (χ0n) is 15.3. The summed E-state index contributed by atoms with van der Waals surface area (Å²) in [7, 11) is -1.44. The first kappa shape index (κ1) is 19.8. The van der Waals surface area contributed by atoms with Gasteiger partial charge in [0.15, 0.2) is 0 Å². The van der Waals surface area contributed by atoms with Crippen LogP contribution in [0.15, 0.2) is 24.3 Å². The molecule has 0 unspecified atom stereocenters. The van der Waals surface area contributed by atoms with Crippen LogP contribution in [0.25, 0.3) is 0 Å². The predicted octanol–water partition coefficient (Wildman–Crippen LogP) is 1.29. The molecule has 1 aliphatic rings. The molecule has 0 radical (unpaired) electrons. The molecule has 1 aromatic carbocycles. The van der Waals surface area contributed by atoms with E-state index in [9.17, 15) is 14.8 Å². The third-order valence-electron chi connectivity index (χ3n) is 4.29. The maximum atomic E-state index is 11.8. The van der Waals surface area contributed by atoms with E-state index in [1.165, 1.54) is 0 Å². The van der Waals surface area contributed by atoms with Crippen LogP contribution in [0.1, 0.15) is 52.0 Å². The highest BCUT2D eigenvalue weighted by Gasteiger charge is 2.24. The van der Waals surface area contributed by atoms with Crippen LogP contribution >= 0.6 is 0 Å². The number of rotatable bonds is 5. The molecule has 1 saturated carbocycles. The van der Waals surface area contributed by atoms with E-state index in [0.717, 1.165) is 31.2 Å². The molecular formula is C18H29BN2O4. The lowest BCUT2D eigenvalue weighted by Gasteiger charge is -2.30. The monoisotopic (exact) mass is 348 g/mol. The van der Waals surface area contributed by atoms with Crippen LogP contribution in [-0.2, 0) is 11.3 Å². The summed E-state index contributed by atoms with van der Waals surface area (Å²) in [5, 5.41) is 24.9. The molecule has 1 amide bonds. The minimum absolute atomic E-state index is 0.167. The molecular weight excluding hydrogens is 319 g/mol. The van der Waals surface area contributed by atoms with E-state index in [1.807, 2.05) is 32.9 Å². The van der Waals surface area contributed by atoms with E-state index < -0.39 is 12.7 Å². The van der Waals surface area contributed by atoms with Gasteiger partial charge in [-0.1, -0.05) is 24.3 Å². The molecule has 2 rings (SSSR count). The van der Waals surface area contributed by atoms with E-state index in [1.54, 1.807) is 12.1 Å². The summed E-state index contributed by atoms with van der Waals surface area (Å²) >= 11 is 0. The number of nitrogens with one attached hydrogen (secondary N) is 2. The molecule has 1 aromatic rings. The van der Waals surface area contributed by atoms with Crippen molar-refractivity contribution in [2.45, 2.75) is 70.7 Å². The van der Waals surface area contributed by atoms with Gasteiger partial charge in [-0.25, -0.2) is 4.79 Å². The molecule has 0 heterocycles. The van der Waals surface area contributed by atoms with Gasteiger partial charge in [-0.15, -0.1) is 0 Å². The Morgan fingerprint density at radius 1 is 1.20 bits per heavy atom. The number of carbonyl (C=O) groups excluding carboxylic acids is 1. The molecule has 0 saturated heterocycles. The fourth-order valence-corrected chi connectivity index (χ4v) is 3.04. The Kier molecular flexibility index (Phi) is 6.87. The lowest BCUT2D eigenvalue weighted by Crippen LogP contribution is -2.43. The quantitative estimate of drug-likeness (QED) is 0.602. The zero-order valence-corrected chi connectivity index (χ0v) is 15.3. The fraction of sp³-hybridized carbons (Fsp3) is 0.611. The Balaban J connectivity index is 1.72. The van der Waals surface area contributed by atoms with Gasteiger partial charge in [0, 0.05) is 18.6 Å². The lowest BCUT2D eigenvalue weighted by atomic mass is 9.79. The van der Waals surface area contributed by atoms with Gasteiger partial charge in [0.25, 0.3) is 0 Å². The summed E-state index contributed by atoms with van der Waals surface area (Å²) in [6, 6.07) is 7.86. The molecule has 0 spiro atoms. The van der Waals surface area contributed by atoms with Gasteiger partial charge in [-0.3, -0.25) is 0 Å². The summed E-state index contributed by atoms with van der Waals surface area (Å²) in [6.07, 6.45) is 3.48. The second-order valence-electron chi connectivity index (χ2n) is 7.69. The van der Waals surface area contributed by atoms with Gasteiger partial charge in [0.2, 0.25) is 0 Å². The standard InChI is InChI=1S/C18H29BN2O4/c1-18(2,3)25-17(22)21-16-9-7-15(8-10-16)20-12-13-5-4-6-14(11-13)19(23)24/h4-6,11,15-16,20,23-24H,7-10,12H2,1-3H3,(H,21,22). The molecule has 0 aliphatic heterocycles.